The van der Waals surface area contributed by atoms with Crippen molar-refractivity contribution in [2.24, 2.45) is 0 Å². The minimum Gasteiger partial charge on any atom is -0.379 e. The Labute approximate surface area is 390 Å². The number of thiazole rings is 1. The molecule has 2 aliphatic rings. The van der Waals surface area contributed by atoms with Crippen molar-refractivity contribution in [1.29, 1.82) is 0 Å². The fraction of sp³-hybridized carbons (Fsp3) is 0.500. The molecule has 19 heteroatoms. The Balaban J connectivity index is 0.721. The van der Waals surface area contributed by atoms with Crippen molar-refractivity contribution >= 4 is 80.5 Å². The van der Waals surface area contributed by atoms with E-state index in [1.165, 1.54) is 22.7 Å². The number of benzene rings is 2. The van der Waals surface area contributed by atoms with Crippen LogP contribution < -0.4 is 31.1 Å². The number of piperazine rings is 1. The van der Waals surface area contributed by atoms with Gasteiger partial charge in [-0.3, -0.25) is 29.5 Å². The van der Waals surface area contributed by atoms with Gasteiger partial charge in [0.25, 0.3) is 5.91 Å². The lowest BCUT2D eigenvalue weighted by Crippen LogP contribution is -2.49. The highest BCUT2D eigenvalue weighted by Gasteiger charge is 2.25. The number of aryl methyl sites for hydroxylation is 2. The van der Waals surface area contributed by atoms with E-state index in [2.05, 4.69) is 41.0 Å². The Morgan fingerprint density at radius 1 is 0.800 bits per heavy atom. The average molecular weight is 934 g/mol. The maximum absolute atomic E-state index is 12.9. The van der Waals surface area contributed by atoms with E-state index in [1.807, 2.05) is 32.0 Å². The SMILES string of the molecule is Cc1nc(Nc2ncc(C(=O)Nc3c(C)cccc3Cl)s2)cc(N2CCN(CCCCCCOCCOCCOCCCCCC(=O)Nc3cccc(N4CCC(=O)NC4=O)c3)CC2)n1. The predicted octanol–water partition coefficient (Wildman–Crippen LogP) is 7.58. The molecule has 0 aliphatic carbocycles. The fourth-order valence-corrected chi connectivity index (χ4v) is 8.36. The molecule has 0 spiro atoms. The first-order valence-electron chi connectivity index (χ1n) is 22.5. The number of hydrogen-bond acceptors (Lipinski definition) is 14. The molecule has 0 radical (unpaired) electrons. The van der Waals surface area contributed by atoms with Crippen LogP contribution in [-0.4, -0.2) is 123 Å². The van der Waals surface area contributed by atoms with Gasteiger partial charge in [-0.05, 0) is 75.9 Å². The molecular weight excluding hydrogens is 872 g/mol. The number of amides is 5. The second-order valence-corrected chi connectivity index (χ2v) is 17.4. The molecule has 2 aromatic heterocycles. The van der Waals surface area contributed by atoms with Gasteiger partial charge in [-0.1, -0.05) is 60.4 Å². The second-order valence-electron chi connectivity index (χ2n) is 15.9. The molecule has 0 bridgehead atoms. The lowest BCUT2D eigenvalue weighted by Gasteiger charge is -2.35. The Kier molecular flexibility index (Phi) is 19.7. The first-order chi connectivity index (χ1) is 31.6. The highest BCUT2D eigenvalue weighted by Crippen LogP contribution is 2.29. The Morgan fingerprint density at radius 3 is 2.25 bits per heavy atom. The molecule has 0 atom stereocenters. The minimum atomic E-state index is -0.455. The van der Waals surface area contributed by atoms with Crippen LogP contribution in [0.5, 0.6) is 0 Å². The number of rotatable bonds is 26. The average Bonchev–Trinajstić information content (AvgIpc) is 3.76. The zero-order chi connectivity index (χ0) is 45.8. The summed E-state index contributed by atoms with van der Waals surface area (Å²) >= 11 is 7.54. The number of aromatic nitrogens is 3. The predicted molar refractivity (Wildman–Crippen MR) is 255 cm³/mol. The number of anilines is 6. The third-order valence-electron chi connectivity index (χ3n) is 10.9. The number of unbranched alkanes of at least 4 members (excludes halogenated alkanes) is 5. The number of carbonyl (C=O) groups excluding carboxylic acids is 4. The zero-order valence-corrected chi connectivity index (χ0v) is 38.9. The number of nitrogens with one attached hydrogen (secondary N) is 4. The second kappa shape index (κ2) is 26.0. The quantitative estimate of drug-likeness (QED) is 0.0451. The van der Waals surface area contributed by atoms with Crippen molar-refractivity contribution in [3.05, 3.63) is 76.0 Å². The van der Waals surface area contributed by atoms with Crippen molar-refractivity contribution < 1.29 is 33.4 Å². The van der Waals surface area contributed by atoms with Gasteiger partial charge in [0.2, 0.25) is 11.8 Å². The molecule has 2 aromatic carbocycles. The number of urea groups is 1. The minimum absolute atomic E-state index is 0.0833. The van der Waals surface area contributed by atoms with Gasteiger partial charge in [0.15, 0.2) is 5.13 Å². The molecule has 65 heavy (non-hydrogen) atoms. The monoisotopic (exact) mass is 932 g/mol. The number of nitrogens with zero attached hydrogens (tertiary/aromatic N) is 6. The summed E-state index contributed by atoms with van der Waals surface area (Å²) in [4.78, 5) is 69.3. The van der Waals surface area contributed by atoms with Gasteiger partial charge < -0.3 is 35.1 Å². The summed E-state index contributed by atoms with van der Waals surface area (Å²) in [5.74, 6) is 1.54. The molecular formula is C46H61ClN10O7S. The maximum Gasteiger partial charge on any atom is 0.328 e. The van der Waals surface area contributed by atoms with Crippen molar-refractivity contribution in [3.8, 4) is 0 Å². The van der Waals surface area contributed by atoms with Gasteiger partial charge >= 0.3 is 6.03 Å². The van der Waals surface area contributed by atoms with Crippen LogP contribution in [0.3, 0.4) is 0 Å². The smallest absolute Gasteiger partial charge is 0.328 e. The summed E-state index contributed by atoms with van der Waals surface area (Å²) in [6, 6.07) is 14.0. The molecule has 2 fully saturated rings. The molecule has 0 unspecified atom stereocenters. The third kappa shape index (κ3) is 16.3. The van der Waals surface area contributed by atoms with Gasteiger partial charge in [0, 0.05) is 76.2 Å². The highest BCUT2D eigenvalue weighted by molar-refractivity contribution is 7.17. The zero-order valence-electron chi connectivity index (χ0n) is 37.4. The van der Waals surface area contributed by atoms with Gasteiger partial charge in [-0.25, -0.2) is 19.7 Å². The normalized spacial score (nSPS) is 14.4. The van der Waals surface area contributed by atoms with Gasteiger partial charge in [0.1, 0.15) is 22.3 Å². The van der Waals surface area contributed by atoms with Crippen molar-refractivity contribution in [3.63, 3.8) is 0 Å². The highest BCUT2D eigenvalue weighted by atomic mass is 35.5. The molecule has 2 saturated heterocycles. The Bertz CT molecular complexity index is 2170. The van der Waals surface area contributed by atoms with Crippen LogP contribution in [0.1, 0.15) is 78.8 Å². The maximum atomic E-state index is 12.9. The van der Waals surface area contributed by atoms with E-state index < -0.39 is 6.03 Å². The van der Waals surface area contributed by atoms with Crippen LogP contribution in [0.2, 0.25) is 5.02 Å². The molecule has 4 N–H and O–H groups in total. The molecule has 0 saturated carbocycles. The number of ether oxygens (including phenoxy) is 3. The van der Waals surface area contributed by atoms with E-state index in [0.717, 1.165) is 89.2 Å². The lowest BCUT2D eigenvalue weighted by atomic mass is 10.2. The van der Waals surface area contributed by atoms with Crippen LogP contribution in [0.15, 0.2) is 54.7 Å². The topological polar surface area (TPSA) is 192 Å². The fourth-order valence-electron chi connectivity index (χ4n) is 7.38. The summed E-state index contributed by atoms with van der Waals surface area (Å²) in [6.07, 6.45) is 9.19. The molecule has 6 rings (SSSR count). The van der Waals surface area contributed by atoms with Crippen LogP contribution in [0, 0.1) is 13.8 Å². The summed E-state index contributed by atoms with van der Waals surface area (Å²) in [5, 5.41) is 12.4. The number of hydrogen-bond donors (Lipinski definition) is 4. The van der Waals surface area contributed by atoms with E-state index in [1.54, 1.807) is 36.5 Å². The Morgan fingerprint density at radius 2 is 1.51 bits per heavy atom. The van der Waals surface area contributed by atoms with Crippen molar-refractivity contribution in [2.75, 3.05) is 105 Å². The molecule has 17 nitrogen and oxygen atoms in total. The van der Waals surface area contributed by atoms with E-state index >= 15 is 0 Å². The first kappa shape index (κ1) is 49.2. The van der Waals surface area contributed by atoms with Gasteiger partial charge in [-0.15, -0.1) is 0 Å². The summed E-state index contributed by atoms with van der Waals surface area (Å²) < 4.78 is 17.1. The molecule has 2 aliphatic heterocycles. The Hall–Kier alpha value is -5.24. The molecule has 4 heterocycles. The number of halogens is 1. The van der Waals surface area contributed by atoms with Crippen molar-refractivity contribution in [2.45, 2.75) is 71.6 Å². The van der Waals surface area contributed by atoms with Crippen LogP contribution in [-0.2, 0) is 23.8 Å². The van der Waals surface area contributed by atoms with Crippen LogP contribution >= 0.6 is 22.9 Å². The number of para-hydroxylation sites is 1. The van der Waals surface area contributed by atoms with Crippen LogP contribution in [0.25, 0.3) is 0 Å². The molecule has 5 amide bonds. The van der Waals surface area contributed by atoms with E-state index in [4.69, 9.17) is 30.8 Å². The van der Waals surface area contributed by atoms with Crippen molar-refractivity contribution in [1.82, 2.24) is 25.2 Å². The van der Waals surface area contributed by atoms with Gasteiger partial charge in [-0.2, -0.15) is 0 Å². The van der Waals surface area contributed by atoms with Gasteiger partial charge in [0.05, 0.1) is 43.3 Å². The van der Waals surface area contributed by atoms with E-state index in [9.17, 15) is 19.2 Å². The summed E-state index contributed by atoms with van der Waals surface area (Å²) in [6.45, 7) is 12.4. The lowest BCUT2D eigenvalue weighted by molar-refractivity contribution is -0.120. The number of imide groups is 1. The first-order valence-corrected chi connectivity index (χ1v) is 23.7. The summed E-state index contributed by atoms with van der Waals surface area (Å²) in [7, 11) is 0. The van der Waals surface area contributed by atoms with E-state index in [0.29, 0.717) is 89.7 Å². The summed E-state index contributed by atoms with van der Waals surface area (Å²) in [5.41, 5.74) is 2.72. The van der Waals surface area contributed by atoms with Crippen LogP contribution in [0.4, 0.5) is 38.6 Å². The standard InChI is InChI=1S/C46H61ClN10O7S/c1-33-12-10-15-37(47)43(33)54-44(60)38-32-48-45(65-38)52-39-31-40(50-34(2)49-39)56-22-20-55(21-23-56)18-7-3-4-8-24-62-26-28-64-29-27-63-25-9-5-6-16-41(58)51-35-13-11-14-36(30-35)57-19-17-42(59)53-46(57)61/h10-15,30-32H,3-9,16-29H2,1-2H3,(H,51,58)(H,54,60)(H,53,59,61)(H,48,49,50,52). The molecule has 350 valence electrons. The largest absolute Gasteiger partial charge is 0.379 e. The third-order valence-corrected chi connectivity index (χ3v) is 12.1. The molecule has 4 aromatic rings. The number of carbonyl (C=O) groups is 4. The van der Waals surface area contributed by atoms with E-state index in [-0.39, 0.29) is 24.1 Å².